The van der Waals surface area contributed by atoms with Gasteiger partial charge in [0.1, 0.15) is 5.60 Å². The van der Waals surface area contributed by atoms with E-state index in [1.807, 2.05) is 4.42 Å². The molecule has 0 amide bonds. The molecule has 146 valence electrons. The van der Waals surface area contributed by atoms with E-state index in [1.54, 1.807) is 6.20 Å². The highest BCUT2D eigenvalue weighted by Crippen LogP contribution is 2.38. The van der Waals surface area contributed by atoms with Gasteiger partial charge in [-0.3, -0.25) is 4.79 Å². The van der Waals surface area contributed by atoms with E-state index >= 15 is 0 Å². The highest BCUT2D eigenvalue weighted by molar-refractivity contribution is 6.13. The van der Waals surface area contributed by atoms with Crippen molar-refractivity contribution >= 4 is 22.7 Å². The second kappa shape index (κ2) is 6.48. The number of H-pyrrole nitrogens is 1. The molecule has 28 heavy (non-hydrogen) atoms. The van der Waals surface area contributed by atoms with Crippen LogP contribution in [0, 0.1) is 6.92 Å². The molecule has 1 atom stereocenters. The Hall–Kier alpha value is -2.08. The van der Waals surface area contributed by atoms with E-state index in [0.717, 1.165) is 37.0 Å². The molecule has 3 heterocycles. The number of aryl methyl sites for hydroxylation is 2. The summed E-state index contributed by atoms with van der Waals surface area (Å²) in [6.45, 7) is 3.96. The Morgan fingerprint density at radius 1 is 1.29 bits per heavy atom. The molecule has 3 aromatic rings. The van der Waals surface area contributed by atoms with Crippen LogP contribution in [0.2, 0.25) is 0 Å². The van der Waals surface area contributed by atoms with E-state index in [9.17, 15) is 9.90 Å². The number of hydrogen-bond acceptors (Lipinski definition) is 3. The maximum Gasteiger partial charge on any atom is 0.187 e. The lowest BCUT2D eigenvalue weighted by Crippen LogP contribution is -2.41. The summed E-state index contributed by atoms with van der Waals surface area (Å²) in [7, 11) is 0. The van der Waals surface area contributed by atoms with Crippen LogP contribution in [0.4, 0.5) is 0 Å². The van der Waals surface area contributed by atoms with Gasteiger partial charge in [-0.1, -0.05) is 11.6 Å². The van der Waals surface area contributed by atoms with Crippen molar-refractivity contribution < 1.29 is 5.11 Å². The van der Waals surface area contributed by atoms with E-state index in [2.05, 4.69) is 34.7 Å². The van der Waals surface area contributed by atoms with Gasteiger partial charge in [-0.15, -0.1) is 0 Å². The minimum atomic E-state index is -1.16. The van der Waals surface area contributed by atoms with Gasteiger partial charge in [0, 0.05) is 54.1 Å². The van der Waals surface area contributed by atoms with E-state index < -0.39 is 5.60 Å². The van der Waals surface area contributed by atoms with E-state index in [-0.39, 0.29) is 5.43 Å². The molecule has 6 heteroatoms. The number of hydrogen-bond donors (Lipinski definition) is 2. The van der Waals surface area contributed by atoms with E-state index in [0.29, 0.717) is 25.1 Å². The van der Waals surface area contributed by atoms with Crippen LogP contribution in [0.5, 0.6) is 0 Å². The maximum absolute atomic E-state index is 12.6. The fourth-order valence-electron chi connectivity index (χ4n) is 5.04. The highest BCUT2D eigenvalue weighted by Gasteiger charge is 2.38. The summed E-state index contributed by atoms with van der Waals surface area (Å²) in [5.41, 5.74) is 4.95. The first-order valence-electron chi connectivity index (χ1n) is 9.91. The number of pyridine rings is 1. The Kier molecular flexibility index (Phi) is 4.16. The molecule has 1 aliphatic heterocycles. The minimum absolute atomic E-state index is 0.0796. The third-order valence-electron chi connectivity index (χ3n) is 6.31. The predicted molar refractivity (Wildman–Crippen MR) is 111 cm³/mol. The fraction of sp³-hybridized carbons (Fsp3) is 0.409. The molecular formula is C22H24ClN3O2. The predicted octanol–water partition coefficient (Wildman–Crippen LogP) is 3.37. The number of rotatable bonds is 2. The summed E-state index contributed by atoms with van der Waals surface area (Å²) < 4.78 is 4.05. The highest BCUT2D eigenvalue weighted by atomic mass is 35.5. The van der Waals surface area contributed by atoms with Gasteiger partial charge in [0.2, 0.25) is 0 Å². The fourth-order valence-corrected chi connectivity index (χ4v) is 5.25. The van der Waals surface area contributed by atoms with Crippen molar-refractivity contribution in [2.75, 3.05) is 6.54 Å². The Bertz CT molecular complexity index is 1130. The van der Waals surface area contributed by atoms with Gasteiger partial charge in [-0.25, -0.2) is 4.42 Å². The zero-order chi connectivity index (χ0) is 19.5. The second-order valence-electron chi connectivity index (χ2n) is 8.21. The zero-order valence-electron chi connectivity index (χ0n) is 16.0. The van der Waals surface area contributed by atoms with Crippen molar-refractivity contribution in [3.63, 3.8) is 0 Å². The van der Waals surface area contributed by atoms with Gasteiger partial charge >= 0.3 is 0 Å². The van der Waals surface area contributed by atoms with Crippen molar-refractivity contribution in [3.8, 4) is 0 Å². The van der Waals surface area contributed by atoms with Crippen molar-refractivity contribution in [2.24, 2.45) is 0 Å². The summed E-state index contributed by atoms with van der Waals surface area (Å²) in [6.07, 6.45) is 4.77. The molecule has 0 fully saturated rings. The summed E-state index contributed by atoms with van der Waals surface area (Å²) in [5, 5.41) is 12.9. The standard InChI is InChI=1S/C22H24ClN3O2/c1-14-4-5-18-15(11-14)16-12-25(23)10-7-19(16)26(18)13-22(28)8-2-3-17-21(22)20(27)6-9-24-17/h4-6,9,11,28H,2-3,7-8,10,12-13H2,1H3,(H,24,27). The average molecular weight is 398 g/mol. The monoisotopic (exact) mass is 397 g/mol. The number of aliphatic hydroxyl groups is 1. The second-order valence-corrected chi connectivity index (χ2v) is 8.69. The Labute approximate surface area is 168 Å². The van der Waals surface area contributed by atoms with Gasteiger partial charge in [-0.2, -0.15) is 0 Å². The van der Waals surface area contributed by atoms with Crippen molar-refractivity contribution in [1.82, 2.24) is 14.0 Å². The van der Waals surface area contributed by atoms with Crippen LogP contribution >= 0.6 is 11.8 Å². The first-order valence-corrected chi connectivity index (χ1v) is 10.2. The Morgan fingerprint density at radius 2 is 2.14 bits per heavy atom. The molecule has 0 spiro atoms. The third kappa shape index (κ3) is 2.72. The number of fused-ring (bicyclic) bond motifs is 4. The van der Waals surface area contributed by atoms with Gasteiger partial charge in [0.05, 0.1) is 12.1 Å². The molecule has 1 aromatic carbocycles. The Morgan fingerprint density at radius 3 is 3.00 bits per heavy atom. The van der Waals surface area contributed by atoms with Crippen LogP contribution in [0.3, 0.4) is 0 Å². The van der Waals surface area contributed by atoms with Gasteiger partial charge in [-0.05, 0) is 55.7 Å². The van der Waals surface area contributed by atoms with Crippen LogP contribution in [0.15, 0.2) is 35.3 Å². The molecule has 0 saturated heterocycles. The smallest absolute Gasteiger partial charge is 0.187 e. The van der Waals surface area contributed by atoms with Crippen molar-refractivity contribution in [3.05, 3.63) is 68.8 Å². The lowest BCUT2D eigenvalue weighted by molar-refractivity contribution is 0.000102. The number of aromatic amines is 1. The van der Waals surface area contributed by atoms with E-state index in [4.69, 9.17) is 11.8 Å². The topological polar surface area (TPSA) is 61.3 Å². The first-order chi connectivity index (χ1) is 13.5. The molecule has 2 aliphatic rings. The summed E-state index contributed by atoms with van der Waals surface area (Å²) in [6, 6.07) is 7.96. The Balaban J connectivity index is 1.69. The molecular weight excluding hydrogens is 374 g/mol. The van der Waals surface area contributed by atoms with Crippen molar-refractivity contribution in [2.45, 2.75) is 51.3 Å². The van der Waals surface area contributed by atoms with Crippen LogP contribution < -0.4 is 5.43 Å². The molecule has 0 radical (unpaired) electrons. The van der Waals surface area contributed by atoms with Gasteiger partial charge in [0.25, 0.3) is 0 Å². The minimum Gasteiger partial charge on any atom is -0.383 e. The molecule has 2 N–H and O–H groups in total. The average Bonchev–Trinajstić information content (AvgIpc) is 2.94. The quantitative estimate of drug-likeness (QED) is 0.652. The van der Waals surface area contributed by atoms with Gasteiger partial charge < -0.3 is 14.7 Å². The van der Waals surface area contributed by atoms with Crippen LogP contribution in [-0.4, -0.2) is 25.6 Å². The number of nitrogens with zero attached hydrogens (tertiary/aromatic N) is 2. The molecule has 0 bridgehead atoms. The molecule has 5 nitrogen and oxygen atoms in total. The molecule has 1 unspecified atom stereocenters. The summed E-state index contributed by atoms with van der Waals surface area (Å²) >= 11 is 6.33. The third-order valence-corrected chi connectivity index (χ3v) is 6.59. The zero-order valence-corrected chi connectivity index (χ0v) is 16.7. The normalized spacial score (nSPS) is 22.2. The number of halogens is 1. The number of nitrogens with one attached hydrogen (secondary N) is 1. The van der Waals surface area contributed by atoms with E-state index in [1.165, 1.54) is 28.3 Å². The lowest BCUT2D eigenvalue weighted by Gasteiger charge is -2.35. The summed E-state index contributed by atoms with van der Waals surface area (Å²) in [4.78, 5) is 15.8. The summed E-state index contributed by atoms with van der Waals surface area (Å²) in [5.74, 6) is 0. The molecule has 1 aliphatic carbocycles. The molecule has 0 saturated carbocycles. The lowest BCUT2D eigenvalue weighted by atomic mass is 9.81. The molecule has 5 rings (SSSR count). The van der Waals surface area contributed by atoms with Crippen LogP contribution in [-0.2, 0) is 31.5 Å². The molecule has 2 aromatic heterocycles. The number of aromatic nitrogens is 2. The maximum atomic E-state index is 12.6. The SMILES string of the molecule is Cc1ccc2c(c1)c1c(n2CC2(O)CCCc3[nH]ccc(=O)c32)CCN(Cl)C1. The largest absolute Gasteiger partial charge is 0.383 e. The van der Waals surface area contributed by atoms with Gasteiger partial charge in [0.15, 0.2) is 5.43 Å². The number of benzene rings is 1. The first kappa shape index (κ1) is 18.0. The van der Waals surface area contributed by atoms with Crippen LogP contribution in [0.25, 0.3) is 10.9 Å². The van der Waals surface area contributed by atoms with Crippen molar-refractivity contribution in [1.29, 1.82) is 0 Å². The van der Waals surface area contributed by atoms with Crippen LogP contribution in [0.1, 0.15) is 40.9 Å².